The first kappa shape index (κ1) is 19.6. The number of fused-ring (bicyclic) bond motifs is 2. The number of aryl methyl sites for hydroxylation is 1. The van der Waals surface area contributed by atoms with E-state index in [4.69, 9.17) is 5.73 Å². The fourth-order valence-corrected chi connectivity index (χ4v) is 5.10. The third-order valence-electron chi connectivity index (χ3n) is 5.29. The van der Waals surface area contributed by atoms with Crippen LogP contribution in [0.25, 0.3) is 0 Å². The average Bonchev–Trinajstić information content (AvgIpc) is 2.48. The van der Waals surface area contributed by atoms with Crippen molar-refractivity contribution in [1.82, 2.24) is 5.32 Å². The number of rotatable bonds is 5. The molecule has 0 heterocycles. The lowest BCUT2D eigenvalue weighted by molar-refractivity contribution is -0.120. The number of carbonyl (C=O) groups is 1. The summed E-state index contributed by atoms with van der Waals surface area (Å²) in [5.74, 6) is 2.85. The zero-order valence-electron chi connectivity index (χ0n) is 14.4. The summed E-state index contributed by atoms with van der Waals surface area (Å²) in [4.78, 5) is 12.3. The third kappa shape index (κ3) is 5.14. The molecule has 3 N–H and O–H groups in total. The Morgan fingerprint density at radius 2 is 2.00 bits per heavy atom. The van der Waals surface area contributed by atoms with E-state index in [1.807, 2.05) is 0 Å². The average molecular weight is 369 g/mol. The van der Waals surface area contributed by atoms with Crippen molar-refractivity contribution >= 4 is 30.1 Å². The van der Waals surface area contributed by atoms with Crippen LogP contribution in [0.3, 0.4) is 0 Å². The summed E-state index contributed by atoms with van der Waals surface area (Å²) in [7, 11) is 0. The molecule has 1 aromatic rings. The summed E-state index contributed by atoms with van der Waals surface area (Å²) in [6, 6.07) is 9.22. The molecule has 2 fully saturated rings. The van der Waals surface area contributed by atoms with Gasteiger partial charge in [-0.05, 0) is 50.0 Å². The van der Waals surface area contributed by atoms with E-state index in [1.165, 1.54) is 30.4 Å². The van der Waals surface area contributed by atoms with Crippen LogP contribution in [0.5, 0.6) is 0 Å². The van der Waals surface area contributed by atoms with Gasteiger partial charge in [-0.1, -0.05) is 36.2 Å². The van der Waals surface area contributed by atoms with E-state index in [2.05, 4.69) is 36.5 Å². The first-order chi connectivity index (χ1) is 11.1. The van der Waals surface area contributed by atoms with Gasteiger partial charge in [-0.15, -0.1) is 24.2 Å². The predicted octanol–water partition coefficient (Wildman–Crippen LogP) is 3.67. The van der Waals surface area contributed by atoms with E-state index in [0.29, 0.717) is 29.7 Å². The second-order valence-electron chi connectivity index (χ2n) is 7.26. The van der Waals surface area contributed by atoms with Gasteiger partial charge in [-0.3, -0.25) is 4.79 Å². The number of halogens is 1. The molecule has 2 aliphatic rings. The molecule has 2 unspecified atom stereocenters. The van der Waals surface area contributed by atoms with Crippen molar-refractivity contribution in [3.8, 4) is 0 Å². The molecule has 0 aliphatic heterocycles. The number of hydrogen-bond donors (Lipinski definition) is 2. The van der Waals surface area contributed by atoms with Gasteiger partial charge in [0, 0.05) is 17.8 Å². The summed E-state index contributed by atoms with van der Waals surface area (Å²) < 4.78 is 0. The lowest BCUT2D eigenvalue weighted by Gasteiger charge is -2.45. The molecule has 0 radical (unpaired) electrons. The van der Waals surface area contributed by atoms with Crippen molar-refractivity contribution < 1.29 is 4.79 Å². The monoisotopic (exact) mass is 368 g/mol. The highest BCUT2D eigenvalue weighted by Crippen LogP contribution is 2.39. The van der Waals surface area contributed by atoms with Crippen molar-refractivity contribution in [2.45, 2.75) is 56.9 Å². The van der Waals surface area contributed by atoms with Gasteiger partial charge in [0.15, 0.2) is 0 Å². The van der Waals surface area contributed by atoms with E-state index < -0.39 is 0 Å². The van der Waals surface area contributed by atoms with Crippen molar-refractivity contribution in [2.75, 3.05) is 5.75 Å². The SMILES string of the molecule is Cc1cccc(CSCC(=O)NC2C3CCCC2CC(N)C3)c1.Cl. The number of hydrogen-bond acceptors (Lipinski definition) is 3. The lowest BCUT2D eigenvalue weighted by atomic mass is 9.67. The van der Waals surface area contributed by atoms with Crippen molar-refractivity contribution in [3.63, 3.8) is 0 Å². The van der Waals surface area contributed by atoms with Gasteiger partial charge in [-0.25, -0.2) is 0 Å². The summed E-state index contributed by atoms with van der Waals surface area (Å²) in [6.45, 7) is 2.10. The predicted molar refractivity (Wildman–Crippen MR) is 105 cm³/mol. The highest BCUT2D eigenvalue weighted by atomic mass is 35.5. The maximum absolute atomic E-state index is 12.3. The molecular weight excluding hydrogens is 340 g/mol. The number of thioether (sulfide) groups is 1. The fourth-order valence-electron chi connectivity index (χ4n) is 4.32. The van der Waals surface area contributed by atoms with Crippen LogP contribution in [0.2, 0.25) is 0 Å². The molecule has 1 aromatic carbocycles. The number of nitrogens with one attached hydrogen (secondary N) is 1. The Labute approximate surface area is 155 Å². The van der Waals surface area contributed by atoms with E-state index in [0.717, 1.165) is 18.6 Å². The van der Waals surface area contributed by atoms with Crippen LogP contribution in [0.1, 0.15) is 43.2 Å². The first-order valence-electron chi connectivity index (χ1n) is 8.80. The number of amides is 1. The molecule has 2 aliphatic carbocycles. The molecule has 2 atom stereocenters. The standard InChI is InChI=1S/C19H28N2OS.ClH/c1-13-4-2-5-14(8-13)11-23-12-18(22)21-19-15-6-3-7-16(19)10-17(20)9-15;/h2,4-5,8,15-17,19H,3,6-7,9-12,20H2,1H3,(H,21,22);1H. The first-order valence-corrected chi connectivity index (χ1v) is 9.95. The van der Waals surface area contributed by atoms with E-state index in [1.54, 1.807) is 11.8 Å². The smallest absolute Gasteiger partial charge is 0.230 e. The molecule has 134 valence electrons. The Bertz CT molecular complexity index is 540. The Hall–Kier alpha value is -0.710. The molecule has 1 amide bonds. The molecule has 0 aromatic heterocycles. The van der Waals surface area contributed by atoms with Crippen LogP contribution in [-0.4, -0.2) is 23.7 Å². The lowest BCUT2D eigenvalue weighted by Crippen LogP contribution is -2.54. The molecule has 2 bridgehead atoms. The molecule has 0 spiro atoms. The van der Waals surface area contributed by atoms with Crippen LogP contribution in [-0.2, 0) is 10.5 Å². The summed E-state index contributed by atoms with van der Waals surface area (Å²) in [5.41, 5.74) is 8.73. The highest BCUT2D eigenvalue weighted by Gasteiger charge is 2.39. The minimum atomic E-state index is 0. The Kier molecular flexibility index (Phi) is 7.45. The molecule has 0 saturated heterocycles. The van der Waals surface area contributed by atoms with Crippen LogP contribution in [0.4, 0.5) is 0 Å². The molecular formula is C19H29ClN2OS. The molecule has 2 saturated carbocycles. The Morgan fingerprint density at radius 3 is 2.67 bits per heavy atom. The van der Waals surface area contributed by atoms with Crippen molar-refractivity contribution in [3.05, 3.63) is 35.4 Å². The van der Waals surface area contributed by atoms with Crippen LogP contribution < -0.4 is 11.1 Å². The Balaban J connectivity index is 0.00000208. The van der Waals surface area contributed by atoms with Gasteiger partial charge in [0.05, 0.1) is 5.75 Å². The van der Waals surface area contributed by atoms with Crippen molar-refractivity contribution in [2.24, 2.45) is 17.6 Å². The van der Waals surface area contributed by atoms with Gasteiger partial charge in [-0.2, -0.15) is 0 Å². The van der Waals surface area contributed by atoms with Crippen LogP contribution >= 0.6 is 24.2 Å². The van der Waals surface area contributed by atoms with Gasteiger partial charge in [0.2, 0.25) is 5.91 Å². The largest absolute Gasteiger partial charge is 0.352 e. The van der Waals surface area contributed by atoms with Gasteiger partial charge in [0.1, 0.15) is 0 Å². The molecule has 24 heavy (non-hydrogen) atoms. The van der Waals surface area contributed by atoms with Crippen LogP contribution in [0, 0.1) is 18.8 Å². The quantitative estimate of drug-likeness (QED) is 0.833. The fraction of sp³-hybridized carbons (Fsp3) is 0.632. The molecule has 5 heteroatoms. The molecule has 3 rings (SSSR count). The summed E-state index contributed by atoms with van der Waals surface area (Å²) >= 11 is 1.70. The maximum atomic E-state index is 12.3. The number of nitrogens with two attached hydrogens (primary N) is 1. The normalized spacial score (nSPS) is 28.8. The van der Waals surface area contributed by atoms with Gasteiger partial charge >= 0.3 is 0 Å². The summed E-state index contributed by atoms with van der Waals surface area (Å²) in [6.07, 6.45) is 5.92. The van der Waals surface area contributed by atoms with Gasteiger partial charge in [0.25, 0.3) is 0 Å². The molecule has 3 nitrogen and oxygen atoms in total. The van der Waals surface area contributed by atoms with E-state index in [-0.39, 0.29) is 18.3 Å². The van der Waals surface area contributed by atoms with E-state index in [9.17, 15) is 4.79 Å². The van der Waals surface area contributed by atoms with Crippen molar-refractivity contribution in [1.29, 1.82) is 0 Å². The topological polar surface area (TPSA) is 55.1 Å². The minimum absolute atomic E-state index is 0. The number of carbonyl (C=O) groups excluding carboxylic acids is 1. The highest BCUT2D eigenvalue weighted by molar-refractivity contribution is 7.99. The van der Waals surface area contributed by atoms with Gasteiger partial charge < -0.3 is 11.1 Å². The van der Waals surface area contributed by atoms with E-state index >= 15 is 0 Å². The second kappa shape index (κ2) is 9.12. The number of benzene rings is 1. The zero-order valence-corrected chi connectivity index (χ0v) is 16.0. The zero-order chi connectivity index (χ0) is 16.2. The third-order valence-corrected chi connectivity index (χ3v) is 6.29. The maximum Gasteiger partial charge on any atom is 0.230 e. The minimum Gasteiger partial charge on any atom is -0.352 e. The summed E-state index contributed by atoms with van der Waals surface area (Å²) in [5, 5.41) is 3.32. The van der Waals surface area contributed by atoms with Crippen LogP contribution in [0.15, 0.2) is 24.3 Å². The Morgan fingerprint density at radius 1 is 1.29 bits per heavy atom. The second-order valence-corrected chi connectivity index (χ2v) is 8.24.